The van der Waals surface area contributed by atoms with Gasteiger partial charge in [-0.2, -0.15) is 0 Å². The molecule has 2 fully saturated rings. The molecule has 21 heavy (non-hydrogen) atoms. The van der Waals surface area contributed by atoms with E-state index >= 15 is 0 Å². The van der Waals surface area contributed by atoms with E-state index in [-0.39, 0.29) is 5.91 Å². The van der Waals surface area contributed by atoms with Gasteiger partial charge in [-0.1, -0.05) is 6.92 Å². The molecule has 0 aromatic heterocycles. The average molecular weight is 297 g/mol. The van der Waals surface area contributed by atoms with E-state index in [9.17, 15) is 4.79 Å². The minimum Gasteiger partial charge on any atom is -0.383 e. The summed E-state index contributed by atoms with van der Waals surface area (Å²) >= 11 is 0. The van der Waals surface area contributed by atoms with Gasteiger partial charge in [0.2, 0.25) is 5.91 Å². The number of nitrogens with zero attached hydrogens (tertiary/aromatic N) is 1. The Morgan fingerprint density at radius 1 is 1.48 bits per heavy atom. The highest BCUT2D eigenvalue weighted by atomic mass is 16.5. The summed E-state index contributed by atoms with van der Waals surface area (Å²) in [4.78, 5) is 14.5. The molecule has 2 aliphatic rings. The highest BCUT2D eigenvalue weighted by Crippen LogP contribution is 2.40. The molecule has 1 amide bonds. The van der Waals surface area contributed by atoms with Crippen LogP contribution in [0.4, 0.5) is 0 Å². The van der Waals surface area contributed by atoms with E-state index in [1.54, 1.807) is 7.11 Å². The number of amides is 1. The van der Waals surface area contributed by atoms with Crippen molar-refractivity contribution in [2.75, 3.05) is 26.8 Å². The van der Waals surface area contributed by atoms with E-state index < -0.39 is 5.54 Å². The monoisotopic (exact) mass is 297 g/mol. The van der Waals surface area contributed by atoms with Crippen LogP contribution in [0.25, 0.3) is 0 Å². The molecule has 3 unspecified atom stereocenters. The van der Waals surface area contributed by atoms with Crippen molar-refractivity contribution in [2.45, 2.75) is 63.6 Å². The van der Waals surface area contributed by atoms with Crippen molar-refractivity contribution in [1.29, 1.82) is 0 Å². The Kier molecular flexibility index (Phi) is 5.63. The third-order valence-corrected chi connectivity index (χ3v) is 5.33. The maximum absolute atomic E-state index is 11.9. The number of hydrogen-bond donors (Lipinski definition) is 2. The summed E-state index contributed by atoms with van der Waals surface area (Å²) in [5, 5.41) is 3.35. The van der Waals surface area contributed by atoms with Gasteiger partial charge in [0.15, 0.2) is 0 Å². The highest BCUT2D eigenvalue weighted by Gasteiger charge is 2.47. The fraction of sp³-hybridized carbons (Fsp3) is 0.938. The van der Waals surface area contributed by atoms with Gasteiger partial charge in [0, 0.05) is 25.7 Å². The number of nitrogens with one attached hydrogen (secondary N) is 1. The summed E-state index contributed by atoms with van der Waals surface area (Å²) in [5.74, 6) is 0.627. The van der Waals surface area contributed by atoms with Crippen molar-refractivity contribution >= 4 is 5.91 Å². The van der Waals surface area contributed by atoms with Crippen molar-refractivity contribution in [3.05, 3.63) is 0 Å². The molecule has 122 valence electrons. The molecular formula is C16H31N3O2. The summed E-state index contributed by atoms with van der Waals surface area (Å²) in [5.41, 5.74) is 5.18. The second kappa shape index (κ2) is 7.07. The number of hydrogen-bond acceptors (Lipinski definition) is 4. The van der Waals surface area contributed by atoms with E-state index in [1.165, 1.54) is 12.8 Å². The molecule has 0 aromatic rings. The van der Waals surface area contributed by atoms with Crippen molar-refractivity contribution in [1.82, 2.24) is 10.2 Å². The molecule has 0 aliphatic heterocycles. The van der Waals surface area contributed by atoms with Gasteiger partial charge >= 0.3 is 0 Å². The largest absolute Gasteiger partial charge is 0.383 e. The first kappa shape index (κ1) is 16.7. The molecule has 3 atom stereocenters. The smallest absolute Gasteiger partial charge is 0.237 e. The zero-order valence-corrected chi connectivity index (χ0v) is 13.7. The second-order valence-electron chi connectivity index (χ2n) is 6.68. The fourth-order valence-electron chi connectivity index (χ4n) is 3.88. The van der Waals surface area contributed by atoms with Crippen LogP contribution in [0.2, 0.25) is 0 Å². The van der Waals surface area contributed by atoms with E-state index in [4.69, 9.17) is 10.5 Å². The van der Waals surface area contributed by atoms with E-state index in [0.717, 1.165) is 44.9 Å². The summed E-state index contributed by atoms with van der Waals surface area (Å²) in [6.45, 7) is 6.84. The number of ether oxygens (including phenoxy) is 1. The first-order valence-corrected chi connectivity index (χ1v) is 8.33. The van der Waals surface area contributed by atoms with Crippen molar-refractivity contribution < 1.29 is 9.53 Å². The van der Waals surface area contributed by atoms with Crippen molar-refractivity contribution in [3.63, 3.8) is 0 Å². The van der Waals surface area contributed by atoms with Crippen LogP contribution in [-0.2, 0) is 9.53 Å². The zero-order chi connectivity index (χ0) is 15.5. The van der Waals surface area contributed by atoms with Gasteiger partial charge in [0.05, 0.1) is 12.1 Å². The molecule has 5 nitrogen and oxygen atoms in total. The van der Waals surface area contributed by atoms with Gasteiger partial charge in [0.25, 0.3) is 0 Å². The lowest BCUT2D eigenvalue weighted by atomic mass is 9.95. The molecular weight excluding hydrogens is 266 g/mol. The molecule has 0 heterocycles. The van der Waals surface area contributed by atoms with Crippen LogP contribution in [0.5, 0.6) is 0 Å². The molecule has 3 N–H and O–H groups in total. The number of methoxy groups -OCH3 is 1. The topological polar surface area (TPSA) is 67.6 Å². The molecule has 2 saturated carbocycles. The van der Waals surface area contributed by atoms with Gasteiger partial charge in [-0.15, -0.1) is 0 Å². The lowest BCUT2D eigenvalue weighted by Crippen LogP contribution is -2.55. The van der Waals surface area contributed by atoms with Gasteiger partial charge in [-0.05, 0) is 51.5 Å². The normalized spacial score (nSPS) is 30.8. The standard InChI is InChI=1S/C16H31N3O2/c1-4-18-16(15(17)20)8-7-14(11-16)19(9-10-21-3)12(2)13-5-6-13/h12-14,18H,4-11H2,1-3H3,(H2,17,20). The number of rotatable bonds is 9. The number of likely N-dealkylation sites (N-methyl/N-ethyl adjacent to an activating group) is 1. The Labute approximate surface area is 128 Å². The number of carbonyl (C=O) groups excluding carboxylic acids is 1. The number of carbonyl (C=O) groups is 1. The van der Waals surface area contributed by atoms with E-state index in [0.29, 0.717) is 12.1 Å². The van der Waals surface area contributed by atoms with Crippen molar-refractivity contribution in [2.24, 2.45) is 11.7 Å². The second-order valence-corrected chi connectivity index (χ2v) is 6.68. The molecule has 2 rings (SSSR count). The number of primary amides is 1. The first-order valence-electron chi connectivity index (χ1n) is 8.33. The Bertz CT molecular complexity index is 359. The van der Waals surface area contributed by atoms with Crippen LogP contribution in [0.3, 0.4) is 0 Å². The summed E-state index contributed by atoms with van der Waals surface area (Å²) < 4.78 is 5.28. The molecule has 5 heteroatoms. The van der Waals surface area contributed by atoms with Crippen LogP contribution in [-0.4, -0.2) is 55.2 Å². The SMILES string of the molecule is CCNC1(C(N)=O)CCC(N(CCOC)C(C)C2CC2)C1. The fourth-order valence-corrected chi connectivity index (χ4v) is 3.88. The molecule has 0 bridgehead atoms. The predicted octanol–water partition coefficient (Wildman–Crippen LogP) is 1.12. The van der Waals surface area contributed by atoms with Crippen molar-refractivity contribution in [3.8, 4) is 0 Å². The minimum absolute atomic E-state index is 0.197. The van der Waals surface area contributed by atoms with Gasteiger partial charge < -0.3 is 15.8 Å². The Morgan fingerprint density at radius 3 is 2.71 bits per heavy atom. The van der Waals surface area contributed by atoms with Gasteiger partial charge in [-0.3, -0.25) is 9.69 Å². The quantitative estimate of drug-likeness (QED) is 0.669. The van der Waals surface area contributed by atoms with Crippen LogP contribution in [0, 0.1) is 5.92 Å². The molecule has 0 aromatic carbocycles. The molecule has 0 spiro atoms. The van der Waals surface area contributed by atoms with Crippen LogP contribution in [0.1, 0.15) is 46.0 Å². The predicted molar refractivity (Wildman–Crippen MR) is 84.0 cm³/mol. The van der Waals surface area contributed by atoms with Crippen LogP contribution >= 0.6 is 0 Å². The Hall–Kier alpha value is -0.650. The average Bonchev–Trinajstić information content (AvgIpc) is 3.21. The maximum Gasteiger partial charge on any atom is 0.237 e. The lowest BCUT2D eigenvalue weighted by molar-refractivity contribution is -0.124. The summed E-state index contributed by atoms with van der Waals surface area (Å²) in [6.07, 6.45) is 5.40. The Morgan fingerprint density at radius 2 is 2.19 bits per heavy atom. The highest BCUT2D eigenvalue weighted by molar-refractivity contribution is 5.85. The summed E-state index contributed by atoms with van der Waals surface area (Å²) in [6, 6.07) is 1.01. The minimum atomic E-state index is -0.506. The van der Waals surface area contributed by atoms with Gasteiger partial charge in [0.1, 0.15) is 0 Å². The lowest BCUT2D eigenvalue weighted by Gasteiger charge is -2.36. The molecule has 2 aliphatic carbocycles. The van der Waals surface area contributed by atoms with E-state index in [2.05, 4.69) is 17.1 Å². The van der Waals surface area contributed by atoms with E-state index in [1.807, 2.05) is 6.92 Å². The van der Waals surface area contributed by atoms with Crippen LogP contribution in [0.15, 0.2) is 0 Å². The van der Waals surface area contributed by atoms with Crippen LogP contribution < -0.4 is 11.1 Å². The van der Waals surface area contributed by atoms with Gasteiger partial charge in [-0.25, -0.2) is 0 Å². The number of nitrogens with two attached hydrogens (primary N) is 1. The maximum atomic E-state index is 11.9. The molecule has 0 radical (unpaired) electrons. The first-order chi connectivity index (χ1) is 10.0. The third kappa shape index (κ3) is 3.76. The third-order valence-electron chi connectivity index (χ3n) is 5.33. The molecule has 0 saturated heterocycles. The summed E-state index contributed by atoms with van der Waals surface area (Å²) in [7, 11) is 1.75. The Balaban J connectivity index is 2.04. The zero-order valence-electron chi connectivity index (χ0n) is 13.7.